The largest absolute Gasteiger partial charge is 0.361 e. The molecule has 0 saturated heterocycles. The molecule has 0 heterocycles. The third-order valence-corrected chi connectivity index (χ3v) is 3.09. The van der Waals surface area contributed by atoms with Gasteiger partial charge in [-0.15, -0.1) is 0 Å². The van der Waals surface area contributed by atoms with E-state index < -0.39 is 4.92 Å². The number of hydrogen-bond acceptors (Lipinski definition) is 2. The molecule has 0 bridgehead atoms. The predicted molar refractivity (Wildman–Crippen MR) is 75.7 cm³/mol. The summed E-state index contributed by atoms with van der Waals surface area (Å²) in [5.74, 6) is 0. The molecule has 2 aromatic carbocycles. The van der Waals surface area contributed by atoms with Gasteiger partial charge in [0.05, 0.1) is 16.1 Å². The van der Waals surface area contributed by atoms with Crippen LogP contribution in [0.1, 0.15) is 23.6 Å². The predicted octanol–water partition coefficient (Wildman–Crippen LogP) is 3.22. The molecule has 0 radical (unpaired) electrons. The molecule has 5 nitrogen and oxygen atoms in total. The highest BCUT2D eigenvalue weighted by Crippen LogP contribution is 2.15. The van der Waals surface area contributed by atoms with Crippen molar-refractivity contribution in [1.82, 2.24) is 0 Å². The first-order chi connectivity index (χ1) is 9.65. The molecule has 20 heavy (non-hydrogen) atoms. The topological polar surface area (TPSA) is 79.5 Å². The molecule has 0 saturated carbocycles. The maximum Gasteiger partial charge on any atom is 0.329 e. The molecule has 2 aromatic rings. The zero-order valence-electron chi connectivity index (χ0n) is 11.0. The molecule has 0 atom stereocenters. The average molecular weight is 267 g/mol. The first-order valence-electron chi connectivity index (χ1n) is 6.22. The summed E-state index contributed by atoms with van der Waals surface area (Å²) in [6, 6.07) is 13.6. The lowest BCUT2D eigenvalue weighted by Gasteiger charge is -2.00. The van der Waals surface area contributed by atoms with Crippen LogP contribution in [-0.2, 0) is 6.42 Å². The van der Waals surface area contributed by atoms with Crippen LogP contribution < -0.4 is 0 Å². The van der Waals surface area contributed by atoms with Gasteiger partial charge in [0.1, 0.15) is 0 Å². The van der Waals surface area contributed by atoms with Crippen molar-refractivity contribution >= 4 is 11.4 Å². The summed E-state index contributed by atoms with van der Waals surface area (Å²) >= 11 is 0. The van der Waals surface area contributed by atoms with E-state index in [1.54, 1.807) is 12.1 Å². The van der Waals surface area contributed by atoms with Crippen molar-refractivity contribution in [2.24, 2.45) is 0 Å². The molecule has 0 spiro atoms. The fourth-order valence-electron chi connectivity index (χ4n) is 1.92. The van der Waals surface area contributed by atoms with Crippen molar-refractivity contribution in [3.63, 3.8) is 0 Å². The van der Waals surface area contributed by atoms with Crippen LogP contribution in [0.3, 0.4) is 0 Å². The second-order valence-corrected chi connectivity index (χ2v) is 4.30. The molecular formula is C15H13N3O2. The maximum absolute atomic E-state index is 10.6. The van der Waals surface area contributed by atoms with E-state index in [0.29, 0.717) is 11.3 Å². The standard InChI is InChI=1S/C15H13N3O2/c1-2-11-3-5-12(6-4-11)15(17-16)13-7-9-14(10-8-13)18(19)20/h3-10H,2H2,1H3. The van der Waals surface area contributed by atoms with Crippen LogP contribution in [0.25, 0.3) is 5.53 Å². The van der Waals surface area contributed by atoms with E-state index in [4.69, 9.17) is 0 Å². The van der Waals surface area contributed by atoms with Crippen LogP contribution in [0, 0.1) is 10.1 Å². The lowest BCUT2D eigenvalue weighted by Crippen LogP contribution is -2.04. The van der Waals surface area contributed by atoms with Gasteiger partial charge in [0.2, 0.25) is 0 Å². The van der Waals surface area contributed by atoms with Crippen LogP contribution in [0.15, 0.2) is 48.5 Å². The Labute approximate surface area is 116 Å². The smallest absolute Gasteiger partial charge is 0.329 e. The molecule has 5 heteroatoms. The fraction of sp³-hybridized carbons (Fsp3) is 0.133. The van der Waals surface area contributed by atoms with Gasteiger partial charge >= 0.3 is 5.71 Å². The number of benzene rings is 2. The van der Waals surface area contributed by atoms with Gasteiger partial charge in [-0.3, -0.25) is 10.1 Å². The van der Waals surface area contributed by atoms with Gasteiger partial charge in [0.15, 0.2) is 0 Å². The second-order valence-electron chi connectivity index (χ2n) is 4.30. The minimum absolute atomic E-state index is 0.00682. The molecule has 0 unspecified atom stereocenters. The van der Waals surface area contributed by atoms with Crippen LogP contribution in [0.2, 0.25) is 0 Å². The van der Waals surface area contributed by atoms with Crippen molar-refractivity contribution in [1.29, 1.82) is 0 Å². The van der Waals surface area contributed by atoms with Gasteiger partial charge in [-0.05, 0) is 36.2 Å². The normalized spacial score (nSPS) is 9.85. The first-order valence-corrected chi connectivity index (χ1v) is 6.22. The summed E-state index contributed by atoms with van der Waals surface area (Å²) in [7, 11) is 0. The van der Waals surface area contributed by atoms with Crippen molar-refractivity contribution in [3.8, 4) is 0 Å². The zero-order chi connectivity index (χ0) is 14.5. The van der Waals surface area contributed by atoms with Crippen molar-refractivity contribution in [3.05, 3.63) is 80.9 Å². The number of nitro groups is 1. The van der Waals surface area contributed by atoms with Crippen LogP contribution in [0.5, 0.6) is 0 Å². The van der Waals surface area contributed by atoms with Crippen LogP contribution >= 0.6 is 0 Å². The number of hydrogen-bond donors (Lipinski definition) is 0. The summed E-state index contributed by atoms with van der Waals surface area (Å²) in [6.45, 7) is 2.06. The first kappa shape index (κ1) is 13.6. The summed E-state index contributed by atoms with van der Waals surface area (Å²) in [5.41, 5.74) is 12.2. The van der Waals surface area contributed by atoms with Crippen LogP contribution in [-0.4, -0.2) is 15.4 Å². The van der Waals surface area contributed by atoms with E-state index in [9.17, 15) is 15.6 Å². The number of nitrogens with zero attached hydrogens (tertiary/aromatic N) is 3. The van der Waals surface area contributed by atoms with Gasteiger partial charge in [0, 0.05) is 12.1 Å². The third-order valence-electron chi connectivity index (χ3n) is 3.09. The molecule has 0 fully saturated rings. The van der Waals surface area contributed by atoms with E-state index in [1.807, 2.05) is 24.3 Å². The fourth-order valence-corrected chi connectivity index (χ4v) is 1.92. The second kappa shape index (κ2) is 5.91. The van der Waals surface area contributed by atoms with Crippen LogP contribution in [0.4, 0.5) is 5.69 Å². The van der Waals surface area contributed by atoms with E-state index in [-0.39, 0.29) is 5.69 Å². The third kappa shape index (κ3) is 2.79. The Morgan fingerprint density at radius 1 is 1.10 bits per heavy atom. The monoisotopic (exact) mass is 267 g/mol. The Hall–Kier alpha value is -2.78. The van der Waals surface area contributed by atoms with Crippen molar-refractivity contribution in [2.45, 2.75) is 13.3 Å². The molecular weight excluding hydrogens is 254 g/mol. The number of aryl methyl sites for hydroxylation is 1. The molecule has 2 rings (SSSR count). The van der Waals surface area contributed by atoms with Crippen molar-refractivity contribution in [2.75, 3.05) is 0 Å². The van der Waals surface area contributed by atoms with Gasteiger partial charge in [-0.1, -0.05) is 19.1 Å². The Morgan fingerprint density at radius 3 is 2.00 bits per heavy atom. The lowest BCUT2D eigenvalue weighted by molar-refractivity contribution is -0.384. The Morgan fingerprint density at radius 2 is 1.60 bits per heavy atom. The summed E-state index contributed by atoms with van der Waals surface area (Å²) in [5, 5.41) is 10.6. The van der Waals surface area contributed by atoms with Gasteiger partial charge in [0.25, 0.3) is 5.69 Å². The van der Waals surface area contributed by atoms with Gasteiger partial charge in [-0.25, -0.2) is 0 Å². The summed E-state index contributed by atoms with van der Waals surface area (Å²) in [6.07, 6.45) is 0.934. The minimum Gasteiger partial charge on any atom is -0.361 e. The van der Waals surface area contributed by atoms with E-state index in [0.717, 1.165) is 12.0 Å². The van der Waals surface area contributed by atoms with E-state index >= 15 is 0 Å². The van der Waals surface area contributed by atoms with E-state index in [1.165, 1.54) is 17.7 Å². The summed E-state index contributed by atoms with van der Waals surface area (Å²) in [4.78, 5) is 13.5. The molecule has 0 amide bonds. The number of rotatable bonds is 4. The van der Waals surface area contributed by atoms with Crippen molar-refractivity contribution < 1.29 is 9.71 Å². The summed E-state index contributed by atoms with van der Waals surface area (Å²) < 4.78 is 0. The van der Waals surface area contributed by atoms with E-state index in [2.05, 4.69) is 11.7 Å². The Bertz CT molecular complexity index is 669. The minimum atomic E-state index is -0.463. The highest BCUT2D eigenvalue weighted by Gasteiger charge is 2.16. The molecule has 0 aromatic heterocycles. The zero-order valence-corrected chi connectivity index (χ0v) is 11.0. The van der Waals surface area contributed by atoms with Gasteiger partial charge < -0.3 is 5.53 Å². The Balaban J connectivity index is 2.37. The number of non-ortho nitro benzene ring substituents is 1. The molecule has 0 aliphatic heterocycles. The lowest BCUT2D eigenvalue weighted by atomic mass is 10.0. The molecule has 0 aliphatic carbocycles. The molecule has 100 valence electrons. The van der Waals surface area contributed by atoms with Gasteiger partial charge in [-0.2, -0.15) is 4.79 Å². The Kier molecular flexibility index (Phi) is 4.03. The maximum atomic E-state index is 10.6. The average Bonchev–Trinajstić information content (AvgIpc) is 2.49. The molecule has 0 N–H and O–H groups in total. The SMILES string of the molecule is CCc1ccc(C(=[N+]=[N-])c2ccc([N+](=O)[O-])cc2)cc1. The highest BCUT2D eigenvalue weighted by molar-refractivity contribution is 6.09. The highest BCUT2D eigenvalue weighted by atomic mass is 16.6. The molecule has 0 aliphatic rings. The number of nitro benzene ring substituents is 1. The quantitative estimate of drug-likeness (QED) is 0.280.